The van der Waals surface area contributed by atoms with Gasteiger partial charge in [-0.3, -0.25) is 4.79 Å². The minimum atomic E-state index is -0.357. The number of hydrogen-bond acceptors (Lipinski definition) is 3. The van der Waals surface area contributed by atoms with Crippen molar-refractivity contribution < 1.29 is 18.7 Å². The summed E-state index contributed by atoms with van der Waals surface area (Å²) in [4.78, 5) is 10.6. The molecule has 0 spiro atoms. The first kappa shape index (κ1) is 15.2. The predicted octanol–water partition coefficient (Wildman–Crippen LogP) is 2.35. The zero-order valence-corrected chi connectivity index (χ0v) is 11.1. The molecule has 0 unspecified atom stereocenters. The maximum Gasteiger partial charge on any atom is 0.216 e. The zero-order chi connectivity index (χ0) is 14.1. The Morgan fingerprint density at radius 2 is 2.26 bits per heavy atom. The maximum absolute atomic E-state index is 13.7. The third-order valence-corrected chi connectivity index (χ3v) is 2.30. The summed E-state index contributed by atoms with van der Waals surface area (Å²) in [5.41, 5.74) is 0.479. The molecule has 0 aliphatic rings. The normalized spacial score (nSPS) is 10.7. The summed E-state index contributed by atoms with van der Waals surface area (Å²) in [5, 5.41) is 2.66. The topological polar surface area (TPSA) is 47.6 Å². The number of amides is 1. The Labute approximate surface area is 112 Å². The second-order valence-electron chi connectivity index (χ2n) is 3.91. The molecule has 19 heavy (non-hydrogen) atoms. The lowest BCUT2D eigenvalue weighted by molar-refractivity contribution is -0.118. The average Bonchev–Trinajstić information content (AvgIpc) is 2.37. The Kier molecular flexibility index (Phi) is 6.60. The molecular weight excluding hydrogens is 249 g/mol. The van der Waals surface area contributed by atoms with Crippen LogP contribution in [0.25, 0.3) is 6.08 Å². The van der Waals surface area contributed by atoms with E-state index in [0.29, 0.717) is 24.3 Å². The molecule has 104 valence electrons. The SMILES string of the molecule is COCOc1ccc(C=CCCNC(C)=O)c(F)c1. The molecule has 0 aliphatic heterocycles. The summed E-state index contributed by atoms with van der Waals surface area (Å²) in [5.74, 6) is -0.00153. The van der Waals surface area contributed by atoms with Gasteiger partial charge in [0.2, 0.25) is 5.91 Å². The Hall–Kier alpha value is -1.88. The monoisotopic (exact) mass is 267 g/mol. The third kappa shape index (κ3) is 6.01. The van der Waals surface area contributed by atoms with Crippen LogP contribution in [0, 0.1) is 5.82 Å². The van der Waals surface area contributed by atoms with E-state index in [1.54, 1.807) is 18.2 Å². The van der Waals surface area contributed by atoms with Crippen LogP contribution in [0.2, 0.25) is 0 Å². The summed E-state index contributed by atoms with van der Waals surface area (Å²) in [7, 11) is 1.50. The number of nitrogens with one attached hydrogen (secondary N) is 1. The molecular formula is C14H18FNO3. The second kappa shape index (κ2) is 8.26. The lowest BCUT2D eigenvalue weighted by Crippen LogP contribution is -2.20. The van der Waals surface area contributed by atoms with Gasteiger partial charge < -0.3 is 14.8 Å². The van der Waals surface area contributed by atoms with Crippen LogP contribution in [0.5, 0.6) is 5.75 Å². The van der Waals surface area contributed by atoms with Gasteiger partial charge in [0.15, 0.2) is 6.79 Å². The Balaban J connectivity index is 2.49. The van der Waals surface area contributed by atoms with Crippen molar-refractivity contribution in [2.24, 2.45) is 0 Å². The summed E-state index contributed by atoms with van der Waals surface area (Å²) in [6.07, 6.45) is 4.14. The van der Waals surface area contributed by atoms with E-state index in [4.69, 9.17) is 9.47 Å². The van der Waals surface area contributed by atoms with Crippen molar-refractivity contribution in [3.05, 3.63) is 35.7 Å². The molecule has 0 saturated carbocycles. The molecule has 1 amide bonds. The lowest BCUT2D eigenvalue weighted by atomic mass is 10.2. The molecule has 0 saturated heterocycles. The Morgan fingerprint density at radius 1 is 1.47 bits per heavy atom. The quantitative estimate of drug-likeness (QED) is 0.609. The molecule has 0 bridgehead atoms. The highest BCUT2D eigenvalue weighted by molar-refractivity contribution is 5.72. The molecule has 5 heteroatoms. The van der Waals surface area contributed by atoms with Crippen LogP contribution in [0.3, 0.4) is 0 Å². The molecule has 0 radical (unpaired) electrons. The van der Waals surface area contributed by atoms with E-state index in [1.807, 2.05) is 6.08 Å². The molecule has 0 atom stereocenters. The number of carbonyl (C=O) groups excluding carboxylic acids is 1. The van der Waals surface area contributed by atoms with Crippen LogP contribution in [0.4, 0.5) is 4.39 Å². The van der Waals surface area contributed by atoms with E-state index >= 15 is 0 Å². The Bertz CT molecular complexity index is 446. The molecule has 0 heterocycles. The van der Waals surface area contributed by atoms with Crippen molar-refractivity contribution in [1.82, 2.24) is 5.32 Å². The van der Waals surface area contributed by atoms with E-state index in [1.165, 1.54) is 20.1 Å². The standard InChI is InChI=1S/C14H18FNO3/c1-11(17)16-8-4-3-5-12-6-7-13(9-14(12)15)19-10-18-2/h3,5-7,9H,4,8,10H2,1-2H3,(H,16,17). The largest absolute Gasteiger partial charge is 0.467 e. The molecule has 1 aromatic rings. The van der Waals surface area contributed by atoms with Crippen molar-refractivity contribution in [1.29, 1.82) is 0 Å². The van der Waals surface area contributed by atoms with Gasteiger partial charge in [0.25, 0.3) is 0 Å². The van der Waals surface area contributed by atoms with Gasteiger partial charge in [0.05, 0.1) is 0 Å². The molecule has 0 aromatic heterocycles. The fraction of sp³-hybridized carbons (Fsp3) is 0.357. The van der Waals surface area contributed by atoms with Crippen LogP contribution in [-0.2, 0) is 9.53 Å². The van der Waals surface area contributed by atoms with Crippen LogP contribution >= 0.6 is 0 Å². The van der Waals surface area contributed by atoms with Crippen molar-refractivity contribution in [3.8, 4) is 5.75 Å². The number of halogens is 1. The highest BCUT2D eigenvalue weighted by Crippen LogP contribution is 2.17. The minimum absolute atomic E-state index is 0.0702. The number of rotatable bonds is 7. The average molecular weight is 267 g/mol. The lowest BCUT2D eigenvalue weighted by Gasteiger charge is -2.05. The summed E-state index contributed by atoms with van der Waals surface area (Å²) >= 11 is 0. The van der Waals surface area contributed by atoms with Crippen LogP contribution in [0.15, 0.2) is 24.3 Å². The predicted molar refractivity (Wildman–Crippen MR) is 71.2 cm³/mol. The van der Waals surface area contributed by atoms with Gasteiger partial charge in [-0.2, -0.15) is 0 Å². The third-order valence-electron chi connectivity index (χ3n) is 2.30. The fourth-order valence-corrected chi connectivity index (χ4v) is 1.40. The van der Waals surface area contributed by atoms with Crippen molar-refractivity contribution in [2.75, 3.05) is 20.4 Å². The first-order valence-corrected chi connectivity index (χ1v) is 5.95. The first-order chi connectivity index (χ1) is 9.13. The van der Waals surface area contributed by atoms with Crippen LogP contribution in [0.1, 0.15) is 18.9 Å². The molecule has 4 nitrogen and oxygen atoms in total. The number of benzene rings is 1. The smallest absolute Gasteiger partial charge is 0.216 e. The van der Waals surface area contributed by atoms with E-state index in [9.17, 15) is 9.18 Å². The van der Waals surface area contributed by atoms with Gasteiger partial charge in [-0.25, -0.2) is 4.39 Å². The first-order valence-electron chi connectivity index (χ1n) is 5.95. The van der Waals surface area contributed by atoms with Crippen molar-refractivity contribution in [2.45, 2.75) is 13.3 Å². The highest BCUT2D eigenvalue weighted by atomic mass is 19.1. The van der Waals surface area contributed by atoms with E-state index in [2.05, 4.69) is 5.32 Å². The molecule has 0 aliphatic carbocycles. The summed E-state index contributed by atoms with van der Waals surface area (Å²) < 4.78 is 23.5. The summed E-state index contributed by atoms with van der Waals surface area (Å²) in [6.45, 7) is 2.09. The van der Waals surface area contributed by atoms with Gasteiger partial charge in [0, 0.05) is 32.2 Å². The Morgan fingerprint density at radius 3 is 2.89 bits per heavy atom. The van der Waals surface area contributed by atoms with E-state index in [-0.39, 0.29) is 18.5 Å². The number of hydrogen-bond donors (Lipinski definition) is 1. The van der Waals surface area contributed by atoms with Gasteiger partial charge >= 0.3 is 0 Å². The number of carbonyl (C=O) groups is 1. The van der Waals surface area contributed by atoms with Gasteiger partial charge in [-0.15, -0.1) is 0 Å². The zero-order valence-electron chi connectivity index (χ0n) is 11.1. The van der Waals surface area contributed by atoms with Gasteiger partial charge in [-0.05, 0) is 18.6 Å². The van der Waals surface area contributed by atoms with Gasteiger partial charge in [-0.1, -0.05) is 12.2 Å². The van der Waals surface area contributed by atoms with E-state index in [0.717, 1.165) is 0 Å². The minimum Gasteiger partial charge on any atom is -0.467 e. The molecule has 1 N–H and O–H groups in total. The fourth-order valence-electron chi connectivity index (χ4n) is 1.40. The van der Waals surface area contributed by atoms with Gasteiger partial charge in [0.1, 0.15) is 11.6 Å². The molecule has 0 fully saturated rings. The molecule has 1 rings (SSSR count). The number of methoxy groups -OCH3 is 1. The van der Waals surface area contributed by atoms with E-state index < -0.39 is 0 Å². The maximum atomic E-state index is 13.7. The summed E-state index contributed by atoms with van der Waals surface area (Å²) in [6, 6.07) is 4.62. The second-order valence-corrected chi connectivity index (χ2v) is 3.91. The van der Waals surface area contributed by atoms with Crippen molar-refractivity contribution in [3.63, 3.8) is 0 Å². The van der Waals surface area contributed by atoms with Crippen LogP contribution in [-0.4, -0.2) is 26.4 Å². The highest BCUT2D eigenvalue weighted by Gasteiger charge is 2.01. The molecule has 1 aromatic carbocycles. The van der Waals surface area contributed by atoms with Crippen LogP contribution < -0.4 is 10.1 Å². The number of ether oxygens (including phenoxy) is 2. The van der Waals surface area contributed by atoms with Crippen molar-refractivity contribution >= 4 is 12.0 Å².